The van der Waals surface area contributed by atoms with Gasteiger partial charge in [-0.15, -0.1) is 24.0 Å². The van der Waals surface area contributed by atoms with Crippen LogP contribution in [-0.4, -0.2) is 94.9 Å². The zero-order valence-corrected chi connectivity index (χ0v) is 20.3. The van der Waals surface area contributed by atoms with Gasteiger partial charge in [0, 0.05) is 52.9 Å². The fourth-order valence-corrected chi connectivity index (χ4v) is 4.76. The van der Waals surface area contributed by atoms with E-state index in [4.69, 9.17) is 4.74 Å². The van der Waals surface area contributed by atoms with Crippen molar-refractivity contribution >= 4 is 45.9 Å². The third kappa shape index (κ3) is 7.21. The van der Waals surface area contributed by atoms with Gasteiger partial charge < -0.3 is 19.9 Å². The summed E-state index contributed by atoms with van der Waals surface area (Å²) >= 11 is 0. The molecule has 3 fully saturated rings. The minimum atomic E-state index is -3.27. The summed E-state index contributed by atoms with van der Waals surface area (Å²) in [6.07, 6.45) is 4.93. The summed E-state index contributed by atoms with van der Waals surface area (Å²) in [4.78, 5) is 20.6. The number of sulfonamides is 1. The highest BCUT2D eigenvalue weighted by molar-refractivity contribution is 14.0. The Morgan fingerprint density at radius 2 is 1.79 bits per heavy atom. The number of hydrogen-bond acceptors (Lipinski definition) is 5. The van der Waals surface area contributed by atoms with E-state index in [-0.39, 0.29) is 41.7 Å². The first-order chi connectivity index (χ1) is 13.5. The average molecular weight is 543 g/mol. The first-order valence-corrected chi connectivity index (χ1v) is 12.0. The predicted octanol–water partition coefficient (Wildman–Crippen LogP) is 0.223. The second kappa shape index (κ2) is 11.7. The van der Waals surface area contributed by atoms with Crippen LogP contribution in [0, 0.1) is 5.92 Å². The summed E-state index contributed by atoms with van der Waals surface area (Å²) in [5.41, 5.74) is 0. The predicted molar refractivity (Wildman–Crippen MR) is 123 cm³/mol. The zero-order chi connectivity index (χ0) is 20.0. The SMILES string of the molecule is CN=C(NCCS(=O)(=O)NCC1CCC1)N1CCN(C(=O)C2CCCO2)CC1.I. The number of amides is 1. The molecule has 168 valence electrons. The minimum Gasteiger partial charge on any atom is -0.368 e. The van der Waals surface area contributed by atoms with Crippen molar-refractivity contribution in [1.82, 2.24) is 19.8 Å². The molecule has 1 amide bonds. The molecule has 0 bridgehead atoms. The van der Waals surface area contributed by atoms with Gasteiger partial charge in [-0.2, -0.15) is 0 Å². The fourth-order valence-electron chi connectivity index (χ4n) is 3.76. The molecule has 11 heteroatoms. The standard InChI is InChI=1S/C18H33N5O4S.HI/c1-19-18(20-7-13-28(25,26)21-14-15-4-2-5-15)23-10-8-22(9-11-23)17(24)16-6-3-12-27-16;/h15-16,21H,2-14H2,1H3,(H,19,20);1H. The highest BCUT2D eigenvalue weighted by Crippen LogP contribution is 2.25. The van der Waals surface area contributed by atoms with Crippen molar-refractivity contribution in [2.24, 2.45) is 10.9 Å². The number of guanidine groups is 1. The molecule has 2 N–H and O–H groups in total. The molecule has 0 aromatic heterocycles. The van der Waals surface area contributed by atoms with Crippen molar-refractivity contribution in [2.45, 2.75) is 38.2 Å². The molecule has 2 saturated heterocycles. The lowest BCUT2D eigenvalue weighted by Crippen LogP contribution is -2.55. The third-order valence-corrected chi connectivity index (χ3v) is 7.13. The van der Waals surface area contributed by atoms with Gasteiger partial charge in [0.25, 0.3) is 5.91 Å². The molecular weight excluding hydrogens is 509 g/mol. The summed E-state index contributed by atoms with van der Waals surface area (Å²) in [5.74, 6) is 1.29. The van der Waals surface area contributed by atoms with Crippen LogP contribution in [-0.2, 0) is 19.6 Å². The monoisotopic (exact) mass is 543 g/mol. The van der Waals surface area contributed by atoms with Gasteiger partial charge in [-0.05, 0) is 31.6 Å². The Hall–Kier alpha value is -0.660. The van der Waals surface area contributed by atoms with E-state index in [9.17, 15) is 13.2 Å². The maximum absolute atomic E-state index is 12.4. The molecule has 0 aromatic carbocycles. The van der Waals surface area contributed by atoms with Crippen LogP contribution in [0.25, 0.3) is 0 Å². The molecule has 2 aliphatic heterocycles. The van der Waals surface area contributed by atoms with E-state index < -0.39 is 10.0 Å². The normalized spacial score (nSPS) is 23.5. The highest BCUT2D eigenvalue weighted by Gasteiger charge is 2.31. The van der Waals surface area contributed by atoms with Crippen LogP contribution in [0.1, 0.15) is 32.1 Å². The second-order valence-electron chi connectivity index (χ2n) is 7.75. The molecule has 1 atom stereocenters. The van der Waals surface area contributed by atoms with Gasteiger partial charge in [-0.1, -0.05) is 6.42 Å². The average Bonchev–Trinajstić information content (AvgIpc) is 3.18. The number of piperazine rings is 1. The zero-order valence-electron chi connectivity index (χ0n) is 17.1. The lowest BCUT2D eigenvalue weighted by molar-refractivity contribution is -0.142. The second-order valence-corrected chi connectivity index (χ2v) is 9.68. The summed E-state index contributed by atoms with van der Waals surface area (Å²) in [5, 5.41) is 3.14. The van der Waals surface area contributed by atoms with Crippen LogP contribution in [0.5, 0.6) is 0 Å². The van der Waals surface area contributed by atoms with Crippen LogP contribution in [0.2, 0.25) is 0 Å². The molecule has 0 aromatic rings. The van der Waals surface area contributed by atoms with Crippen molar-refractivity contribution in [3.8, 4) is 0 Å². The highest BCUT2D eigenvalue weighted by atomic mass is 127. The first kappa shape index (κ1) is 24.6. The Bertz CT molecular complexity index is 657. The molecular formula is C18H34IN5O4S. The number of carbonyl (C=O) groups is 1. The largest absolute Gasteiger partial charge is 0.368 e. The number of rotatable bonds is 7. The number of ether oxygens (including phenoxy) is 1. The van der Waals surface area contributed by atoms with Crippen molar-refractivity contribution in [3.05, 3.63) is 0 Å². The molecule has 1 saturated carbocycles. The van der Waals surface area contributed by atoms with Crippen LogP contribution in [0.15, 0.2) is 4.99 Å². The van der Waals surface area contributed by atoms with E-state index in [1.807, 2.05) is 4.90 Å². The van der Waals surface area contributed by atoms with E-state index in [1.54, 1.807) is 7.05 Å². The van der Waals surface area contributed by atoms with Gasteiger partial charge >= 0.3 is 0 Å². The maximum Gasteiger partial charge on any atom is 0.251 e. The first-order valence-electron chi connectivity index (χ1n) is 10.3. The Balaban J connectivity index is 0.00000300. The fraction of sp³-hybridized carbons (Fsp3) is 0.889. The molecule has 0 radical (unpaired) electrons. The number of hydrogen-bond donors (Lipinski definition) is 2. The lowest BCUT2D eigenvalue weighted by Gasteiger charge is -2.37. The summed E-state index contributed by atoms with van der Waals surface area (Å²) in [6.45, 7) is 4.13. The molecule has 3 rings (SSSR count). The summed E-state index contributed by atoms with van der Waals surface area (Å²) < 4.78 is 32.4. The Labute approximate surface area is 191 Å². The summed E-state index contributed by atoms with van der Waals surface area (Å²) in [7, 11) is -1.58. The van der Waals surface area contributed by atoms with E-state index in [0.29, 0.717) is 57.8 Å². The van der Waals surface area contributed by atoms with Gasteiger partial charge in [0.15, 0.2) is 5.96 Å². The summed E-state index contributed by atoms with van der Waals surface area (Å²) in [6, 6.07) is 0. The van der Waals surface area contributed by atoms with Gasteiger partial charge in [0.2, 0.25) is 10.0 Å². The van der Waals surface area contributed by atoms with Crippen molar-refractivity contribution < 1.29 is 17.9 Å². The number of halogens is 1. The number of aliphatic imine (C=N–C) groups is 1. The van der Waals surface area contributed by atoms with E-state index in [2.05, 4.69) is 19.9 Å². The molecule has 1 aliphatic carbocycles. The van der Waals surface area contributed by atoms with E-state index in [0.717, 1.165) is 25.7 Å². The molecule has 1 unspecified atom stereocenters. The van der Waals surface area contributed by atoms with Crippen LogP contribution >= 0.6 is 24.0 Å². The number of nitrogens with one attached hydrogen (secondary N) is 2. The van der Waals surface area contributed by atoms with Gasteiger partial charge in [0.1, 0.15) is 6.10 Å². The lowest BCUT2D eigenvalue weighted by atomic mass is 9.86. The molecule has 3 aliphatic rings. The van der Waals surface area contributed by atoms with E-state index >= 15 is 0 Å². The van der Waals surface area contributed by atoms with E-state index in [1.165, 1.54) is 6.42 Å². The number of nitrogens with zero attached hydrogens (tertiary/aromatic N) is 3. The quantitative estimate of drug-likeness (QED) is 0.271. The molecule has 9 nitrogen and oxygen atoms in total. The Morgan fingerprint density at radius 3 is 2.34 bits per heavy atom. The Kier molecular flexibility index (Phi) is 9.89. The van der Waals surface area contributed by atoms with Crippen molar-refractivity contribution in [2.75, 3.05) is 58.7 Å². The molecule has 2 heterocycles. The maximum atomic E-state index is 12.4. The van der Waals surface area contributed by atoms with Crippen LogP contribution in [0.3, 0.4) is 0 Å². The molecule has 29 heavy (non-hydrogen) atoms. The van der Waals surface area contributed by atoms with Crippen LogP contribution in [0.4, 0.5) is 0 Å². The third-order valence-electron chi connectivity index (χ3n) is 5.78. The van der Waals surface area contributed by atoms with Crippen molar-refractivity contribution in [3.63, 3.8) is 0 Å². The smallest absolute Gasteiger partial charge is 0.251 e. The number of carbonyl (C=O) groups excluding carboxylic acids is 1. The van der Waals surface area contributed by atoms with Gasteiger partial charge in [-0.3, -0.25) is 9.79 Å². The van der Waals surface area contributed by atoms with Gasteiger partial charge in [0.05, 0.1) is 5.75 Å². The van der Waals surface area contributed by atoms with Crippen molar-refractivity contribution in [1.29, 1.82) is 0 Å². The Morgan fingerprint density at radius 1 is 1.10 bits per heavy atom. The topological polar surface area (TPSA) is 103 Å². The van der Waals surface area contributed by atoms with Crippen LogP contribution < -0.4 is 10.0 Å². The van der Waals surface area contributed by atoms with Gasteiger partial charge in [-0.25, -0.2) is 13.1 Å². The minimum absolute atomic E-state index is 0. The molecule has 0 spiro atoms.